The summed E-state index contributed by atoms with van der Waals surface area (Å²) in [5.41, 5.74) is 2.00. The van der Waals surface area contributed by atoms with E-state index < -0.39 is 10.0 Å². The summed E-state index contributed by atoms with van der Waals surface area (Å²) in [6.07, 6.45) is 2.67. The van der Waals surface area contributed by atoms with Crippen LogP contribution in [0.4, 0.5) is 0 Å². The van der Waals surface area contributed by atoms with Gasteiger partial charge in [0.15, 0.2) is 0 Å². The number of hydrogen-bond acceptors (Lipinski definition) is 4. The molecule has 8 heteroatoms. The lowest BCUT2D eigenvalue weighted by Crippen LogP contribution is -2.49. The van der Waals surface area contributed by atoms with E-state index in [2.05, 4.69) is 14.9 Å². The maximum atomic E-state index is 12.5. The summed E-state index contributed by atoms with van der Waals surface area (Å²) in [5.74, 6) is -0.0891. The number of hydrogen-bond donors (Lipinski definition) is 2. The van der Waals surface area contributed by atoms with Crippen LogP contribution in [0.2, 0.25) is 0 Å². The van der Waals surface area contributed by atoms with Gasteiger partial charge < -0.3 is 4.90 Å². The number of aromatic nitrogens is 2. The van der Waals surface area contributed by atoms with Gasteiger partial charge in [-0.25, -0.2) is 13.1 Å². The quantitative estimate of drug-likeness (QED) is 0.832. The van der Waals surface area contributed by atoms with E-state index in [1.54, 1.807) is 11.8 Å². The zero-order valence-electron chi connectivity index (χ0n) is 11.9. The third kappa shape index (κ3) is 3.37. The van der Waals surface area contributed by atoms with Crippen LogP contribution in [-0.4, -0.2) is 54.8 Å². The Morgan fingerprint density at radius 1 is 1.45 bits per heavy atom. The Morgan fingerprint density at radius 2 is 2.15 bits per heavy atom. The number of likely N-dealkylation sites (tertiary alicyclic amines) is 1. The molecule has 0 radical (unpaired) electrons. The molecule has 1 fully saturated rings. The van der Waals surface area contributed by atoms with Crippen molar-refractivity contribution in [3.63, 3.8) is 0 Å². The number of nitrogens with zero attached hydrogens (tertiary/aromatic N) is 2. The van der Waals surface area contributed by atoms with Crippen molar-refractivity contribution in [2.24, 2.45) is 0 Å². The second kappa shape index (κ2) is 5.53. The topological polar surface area (TPSA) is 95.2 Å². The molecule has 2 N–H and O–H groups in total. The number of piperidine rings is 1. The van der Waals surface area contributed by atoms with E-state index in [-0.39, 0.29) is 11.9 Å². The van der Waals surface area contributed by atoms with Gasteiger partial charge in [0.25, 0.3) is 5.91 Å². The molecule has 1 atom stereocenters. The van der Waals surface area contributed by atoms with Crippen molar-refractivity contribution in [3.8, 4) is 0 Å². The van der Waals surface area contributed by atoms with Crippen LogP contribution in [0.25, 0.3) is 0 Å². The number of nitrogens with one attached hydrogen (secondary N) is 2. The maximum absolute atomic E-state index is 12.5. The van der Waals surface area contributed by atoms with Crippen LogP contribution in [0, 0.1) is 13.8 Å². The molecule has 1 aliphatic rings. The van der Waals surface area contributed by atoms with E-state index in [0.29, 0.717) is 24.3 Å². The van der Waals surface area contributed by atoms with Gasteiger partial charge in [-0.15, -0.1) is 0 Å². The Bertz CT molecular complexity index is 589. The molecular formula is C12H20N4O3S. The van der Waals surface area contributed by atoms with Crippen LogP contribution in [0.1, 0.15) is 34.6 Å². The molecule has 0 aliphatic carbocycles. The summed E-state index contributed by atoms with van der Waals surface area (Å²) in [4.78, 5) is 14.2. The Hall–Kier alpha value is -1.41. The Balaban J connectivity index is 2.11. The van der Waals surface area contributed by atoms with E-state index >= 15 is 0 Å². The Morgan fingerprint density at radius 3 is 2.70 bits per heavy atom. The lowest BCUT2D eigenvalue weighted by Gasteiger charge is -2.32. The van der Waals surface area contributed by atoms with Crippen molar-refractivity contribution in [1.82, 2.24) is 19.8 Å². The first-order valence-corrected chi connectivity index (χ1v) is 8.45. The number of amides is 1. The van der Waals surface area contributed by atoms with E-state index in [0.717, 1.165) is 24.8 Å². The minimum absolute atomic E-state index is 0.0891. The van der Waals surface area contributed by atoms with Crippen LogP contribution in [0.15, 0.2) is 0 Å². The van der Waals surface area contributed by atoms with Crippen LogP contribution < -0.4 is 4.72 Å². The van der Waals surface area contributed by atoms with E-state index in [4.69, 9.17) is 0 Å². The van der Waals surface area contributed by atoms with Gasteiger partial charge in [0.05, 0.1) is 17.5 Å². The number of H-pyrrole nitrogens is 1. The van der Waals surface area contributed by atoms with Crippen molar-refractivity contribution >= 4 is 15.9 Å². The summed E-state index contributed by atoms with van der Waals surface area (Å²) < 4.78 is 25.1. The smallest absolute Gasteiger partial charge is 0.257 e. The minimum Gasteiger partial charge on any atom is -0.337 e. The van der Waals surface area contributed by atoms with Gasteiger partial charge in [0.1, 0.15) is 0 Å². The molecule has 1 saturated heterocycles. The standard InChI is InChI=1S/C12H20N4O3S/c1-8-11(9(2)14-13-8)12(17)16-6-4-5-10(7-16)15-20(3,18)19/h10,15H,4-7H2,1-3H3,(H,13,14). The molecular weight excluding hydrogens is 280 g/mol. The molecule has 2 rings (SSSR count). The number of sulfonamides is 1. The van der Waals surface area contributed by atoms with Gasteiger partial charge in [-0.3, -0.25) is 9.89 Å². The van der Waals surface area contributed by atoms with Crippen LogP contribution in [0.5, 0.6) is 0 Å². The normalized spacial score (nSPS) is 20.1. The third-order valence-electron chi connectivity index (χ3n) is 3.43. The first-order chi connectivity index (χ1) is 9.28. The summed E-state index contributed by atoms with van der Waals surface area (Å²) in [7, 11) is -3.25. The van der Waals surface area contributed by atoms with Gasteiger partial charge in [-0.05, 0) is 26.7 Å². The fraction of sp³-hybridized carbons (Fsp3) is 0.667. The van der Waals surface area contributed by atoms with Crippen molar-refractivity contribution in [2.75, 3.05) is 19.3 Å². The lowest BCUT2D eigenvalue weighted by molar-refractivity contribution is 0.0701. The molecule has 112 valence electrons. The van der Waals surface area contributed by atoms with Gasteiger partial charge >= 0.3 is 0 Å². The highest BCUT2D eigenvalue weighted by Gasteiger charge is 2.28. The molecule has 1 amide bonds. The lowest BCUT2D eigenvalue weighted by atomic mass is 10.0. The molecule has 0 spiro atoms. The SMILES string of the molecule is Cc1n[nH]c(C)c1C(=O)N1CCCC(NS(C)(=O)=O)C1. The molecule has 0 aromatic carbocycles. The maximum Gasteiger partial charge on any atom is 0.257 e. The highest BCUT2D eigenvalue weighted by Crippen LogP contribution is 2.17. The monoisotopic (exact) mass is 300 g/mol. The molecule has 2 heterocycles. The second-order valence-electron chi connectivity index (χ2n) is 5.29. The molecule has 1 unspecified atom stereocenters. The van der Waals surface area contributed by atoms with Crippen molar-refractivity contribution in [2.45, 2.75) is 32.7 Å². The molecule has 20 heavy (non-hydrogen) atoms. The zero-order valence-corrected chi connectivity index (χ0v) is 12.7. The summed E-state index contributed by atoms with van der Waals surface area (Å²) >= 11 is 0. The third-order valence-corrected chi connectivity index (χ3v) is 4.19. The fourth-order valence-corrected chi connectivity index (χ4v) is 3.38. The van der Waals surface area contributed by atoms with Gasteiger partial charge in [0, 0.05) is 24.8 Å². The second-order valence-corrected chi connectivity index (χ2v) is 7.07. The van der Waals surface area contributed by atoms with Crippen molar-refractivity contribution in [1.29, 1.82) is 0 Å². The first-order valence-electron chi connectivity index (χ1n) is 6.56. The number of carbonyl (C=O) groups is 1. The van der Waals surface area contributed by atoms with Gasteiger partial charge in [-0.1, -0.05) is 0 Å². The largest absolute Gasteiger partial charge is 0.337 e. The van der Waals surface area contributed by atoms with Crippen molar-refractivity contribution in [3.05, 3.63) is 17.0 Å². The Kier molecular flexibility index (Phi) is 4.14. The summed E-state index contributed by atoms with van der Waals surface area (Å²) in [6.45, 7) is 4.64. The highest BCUT2D eigenvalue weighted by atomic mass is 32.2. The highest BCUT2D eigenvalue weighted by molar-refractivity contribution is 7.88. The molecule has 0 saturated carbocycles. The van der Waals surface area contributed by atoms with Gasteiger partial charge in [-0.2, -0.15) is 5.10 Å². The number of aromatic amines is 1. The zero-order chi connectivity index (χ0) is 14.9. The number of carbonyl (C=O) groups excluding carboxylic acids is 1. The van der Waals surface area contributed by atoms with E-state index in [1.165, 1.54) is 0 Å². The van der Waals surface area contributed by atoms with Crippen LogP contribution in [0.3, 0.4) is 0 Å². The van der Waals surface area contributed by atoms with Crippen LogP contribution in [-0.2, 0) is 10.0 Å². The number of aryl methyl sites for hydroxylation is 2. The Labute approximate surface area is 118 Å². The van der Waals surface area contributed by atoms with E-state index in [9.17, 15) is 13.2 Å². The molecule has 1 aliphatic heterocycles. The first kappa shape index (κ1) is 15.0. The summed E-state index contributed by atoms with van der Waals surface area (Å²) in [6, 6.07) is -0.213. The molecule has 7 nitrogen and oxygen atoms in total. The minimum atomic E-state index is -3.25. The predicted octanol–water partition coefficient (Wildman–Crippen LogP) is 0.180. The molecule has 0 bridgehead atoms. The molecule has 1 aromatic rings. The average molecular weight is 300 g/mol. The van der Waals surface area contributed by atoms with Crippen LogP contribution >= 0.6 is 0 Å². The van der Waals surface area contributed by atoms with Gasteiger partial charge in [0.2, 0.25) is 10.0 Å². The predicted molar refractivity (Wildman–Crippen MR) is 75.0 cm³/mol. The average Bonchev–Trinajstić information content (AvgIpc) is 2.66. The number of rotatable bonds is 3. The van der Waals surface area contributed by atoms with E-state index in [1.807, 2.05) is 6.92 Å². The fourth-order valence-electron chi connectivity index (χ4n) is 2.58. The van der Waals surface area contributed by atoms with Crippen molar-refractivity contribution < 1.29 is 13.2 Å². The summed E-state index contributed by atoms with van der Waals surface area (Å²) in [5, 5.41) is 6.82. The molecule has 1 aromatic heterocycles.